The molecule has 0 bridgehead atoms. The first kappa shape index (κ1) is 34.7. The summed E-state index contributed by atoms with van der Waals surface area (Å²) >= 11 is 0. The lowest BCUT2D eigenvalue weighted by Crippen LogP contribution is -2.58. The molecule has 0 radical (unpaired) electrons. The fourth-order valence-corrected chi connectivity index (χ4v) is 6.71. The minimum atomic E-state index is -1.63. The molecule has 2 aromatic rings. The van der Waals surface area contributed by atoms with E-state index in [9.17, 15) is 33.0 Å². The molecule has 4 heterocycles. The van der Waals surface area contributed by atoms with E-state index in [-0.39, 0.29) is 35.1 Å². The summed E-state index contributed by atoms with van der Waals surface area (Å²) in [6.45, 7) is 5.94. The number of carbonyl (C=O) groups is 2. The van der Waals surface area contributed by atoms with Crippen LogP contribution in [0.3, 0.4) is 0 Å². The van der Waals surface area contributed by atoms with E-state index in [1.807, 2.05) is 4.90 Å². The molecule has 0 spiro atoms. The number of amides is 2. The zero-order valence-electron chi connectivity index (χ0n) is 26.7. The fraction of sp³-hybridized carbons (Fsp3) is 0.645. The van der Waals surface area contributed by atoms with Crippen molar-refractivity contribution in [3.05, 3.63) is 35.8 Å². The topological polar surface area (TPSA) is 161 Å². The summed E-state index contributed by atoms with van der Waals surface area (Å²) in [6.07, 6.45) is -0.445. The summed E-state index contributed by atoms with van der Waals surface area (Å²) in [4.78, 5) is 31.6. The van der Waals surface area contributed by atoms with Crippen molar-refractivity contribution in [3.63, 3.8) is 0 Å². The predicted octanol–water partition coefficient (Wildman–Crippen LogP) is 1.97. The van der Waals surface area contributed by atoms with Crippen molar-refractivity contribution < 1.29 is 47.3 Å². The van der Waals surface area contributed by atoms with Gasteiger partial charge in [0.1, 0.15) is 42.8 Å². The molecular formula is C31H41F3N6O7. The van der Waals surface area contributed by atoms with Crippen LogP contribution in [0.5, 0.6) is 0 Å². The van der Waals surface area contributed by atoms with Gasteiger partial charge in [0.05, 0.1) is 24.6 Å². The van der Waals surface area contributed by atoms with E-state index < -0.39 is 73.1 Å². The minimum Gasteiger partial charge on any atom is -0.394 e. The number of aromatic nitrogens is 3. The third-order valence-corrected chi connectivity index (χ3v) is 9.25. The Hall–Kier alpha value is -3.60. The average molecular weight is 667 g/mol. The highest BCUT2D eigenvalue weighted by molar-refractivity contribution is 5.88. The highest BCUT2D eigenvalue weighted by atomic mass is 19.2. The number of nitrogens with zero attached hydrogens (tertiary/aromatic N) is 5. The molecule has 2 saturated heterocycles. The quantitative estimate of drug-likeness (QED) is 0.255. The number of likely N-dealkylation sites (tertiary alicyclic amines) is 1. The molecule has 3 unspecified atom stereocenters. The molecule has 0 saturated carbocycles. The van der Waals surface area contributed by atoms with Gasteiger partial charge in [0.15, 0.2) is 17.5 Å². The number of hydrogen-bond acceptors (Lipinski definition) is 10. The van der Waals surface area contributed by atoms with Gasteiger partial charge in [-0.05, 0) is 30.4 Å². The Kier molecular flexibility index (Phi) is 10.5. The van der Waals surface area contributed by atoms with Gasteiger partial charge < -0.3 is 34.7 Å². The number of ether oxygens (including phenoxy) is 2. The molecule has 1 aromatic carbocycles. The molecule has 3 aliphatic heterocycles. The largest absolute Gasteiger partial charge is 0.394 e. The third kappa shape index (κ3) is 7.45. The van der Waals surface area contributed by atoms with Crippen LogP contribution in [0.2, 0.25) is 0 Å². The van der Waals surface area contributed by atoms with Crippen LogP contribution in [0.4, 0.5) is 13.2 Å². The van der Waals surface area contributed by atoms with E-state index >= 15 is 0 Å². The Balaban J connectivity index is 1.37. The van der Waals surface area contributed by atoms with Gasteiger partial charge in [-0.3, -0.25) is 9.59 Å². The van der Waals surface area contributed by atoms with E-state index in [1.165, 1.54) is 17.9 Å². The van der Waals surface area contributed by atoms with Crippen molar-refractivity contribution >= 4 is 18.0 Å². The number of halogens is 3. The highest BCUT2D eigenvalue weighted by Crippen LogP contribution is 2.39. The maximum atomic E-state index is 14.0. The normalized spacial score (nSPS) is 29.7. The maximum absolute atomic E-state index is 14.0. The van der Waals surface area contributed by atoms with Crippen LogP contribution in [0.25, 0.3) is 11.3 Å². The zero-order valence-corrected chi connectivity index (χ0v) is 26.7. The molecule has 2 amide bonds. The molecule has 0 aliphatic carbocycles. The van der Waals surface area contributed by atoms with Crippen LogP contribution in [-0.4, -0.2) is 112 Å². The molecule has 16 heteroatoms. The van der Waals surface area contributed by atoms with Crippen molar-refractivity contribution in [3.8, 4) is 11.3 Å². The van der Waals surface area contributed by atoms with Crippen LogP contribution in [0, 0.1) is 28.8 Å². The lowest BCUT2D eigenvalue weighted by molar-refractivity contribution is -0.224. The van der Waals surface area contributed by atoms with Crippen LogP contribution in [0.15, 0.2) is 23.5 Å². The van der Waals surface area contributed by atoms with Crippen molar-refractivity contribution in [2.24, 2.45) is 16.5 Å². The average Bonchev–Trinajstić information content (AvgIpc) is 3.72. The monoisotopic (exact) mass is 666 g/mol. The van der Waals surface area contributed by atoms with Crippen LogP contribution < -0.4 is 5.32 Å². The van der Waals surface area contributed by atoms with Gasteiger partial charge in [0.2, 0.25) is 12.3 Å². The summed E-state index contributed by atoms with van der Waals surface area (Å²) in [5.74, 6) is -4.78. The Bertz CT molecular complexity index is 1450. The van der Waals surface area contributed by atoms with E-state index in [1.54, 1.807) is 0 Å². The van der Waals surface area contributed by atoms with E-state index in [0.29, 0.717) is 13.0 Å². The van der Waals surface area contributed by atoms with Gasteiger partial charge in [-0.1, -0.05) is 31.1 Å². The number of benzene rings is 1. The number of aliphatic hydroxyl groups is 2. The Labute approximate surface area is 270 Å². The van der Waals surface area contributed by atoms with Gasteiger partial charge in [-0.15, -0.1) is 5.10 Å². The van der Waals surface area contributed by atoms with Crippen LogP contribution in [-0.2, 0) is 23.9 Å². The van der Waals surface area contributed by atoms with Crippen molar-refractivity contribution in [2.45, 2.75) is 89.1 Å². The summed E-state index contributed by atoms with van der Waals surface area (Å²) in [7, 11) is 1.44. The van der Waals surface area contributed by atoms with Gasteiger partial charge >= 0.3 is 0 Å². The maximum Gasteiger partial charge on any atom is 0.245 e. The molecule has 258 valence electrons. The second-order valence-electron chi connectivity index (χ2n) is 13.4. The highest BCUT2D eigenvalue weighted by Gasteiger charge is 2.49. The van der Waals surface area contributed by atoms with E-state index in [4.69, 9.17) is 14.3 Å². The van der Waals surface area contributed by atoms with Crippen molar-refractivity contribution in [2.75, 3.05) is 26.8 Å². The van der Waals surface area contributed by atoms with Gasteiger partial charge in [0.25, 0.3) is 0 Å². The first-order valence-electron chi connectivity index (χ1n) is 15.6. The SMILES string of the molecule is CNC(=O)CO[C@@H]1[C@@H](n2cc(-c3cc(F)c(F)c(F)c3)nn2)[C@@H](O)[C@@H](CO)O[C@@H]1CC1CC(C2CCN(C=O)C(C(C)(C)C)C2)=NO1. The molecule has 2 fully saturated rings. The summed E-state index contributed by atoms with van der Waals surface area (Å²) in [6, 6.07) is 0.503. The molecule has 47 heavy (non-hydrogen) atoms. The van der Waals surface area contributed by atoms with Crippen LogP contribution >= 0.6 is 0 Å². The Morgan fingerprint density at radius 3 is 2.57 bits per heavy atom. The molecule has 3 N–H and O–H groups in total. The number of piperidine rings is 1. The molecule has 1 aromatic heterocycles. The smallest absolute Gasteiger partial charge is 0.245 e. The second kappa shape index (κ2) is 14.3. The van der Waals surface area contributed by atoms with Crippen molar-refractivity contribution in [1.82, 2.24) is 25.2 Å². The molecule has 8 atom stereocenters. The van der Waals surface area contributed by atoms with E-state index in [0.717, 1.165) is 37.1 Å². The lowest BCUT2D eigenvalue weighted by Gasteiger charge is -2.44. The van der Waals surface area contributed by atoms with Gasteiger partial charge in [-0.25, -0.2) is 17.9 Å². The molecule has 5 rings (SSSR count). The summed E-state index contributed by atoms with van der Waals surface area (Å²) in [5.41, 5.74) is 0.641. The molecule has 3 aliphatic rings. The predicted molar refractivity (Wildman–Crippen MR) is 160 cm³/mol. The van der Waals surface area contributed by atoms with Gasteiger partial charge in [-0.2, -0.15) is 0 Å². The fourth-order valence-electron chi connectivity index (χ4n) is 6.71. The van der Waals surface area contributed by atoms with E-state index in [2.05, 4.69) is 41.6 Å². The summed E-state index contributed by atoms with van der Waals surface area (Å²) in [5, 5.41) is 36.3. The summed E-state index contributed by atoms with van der Waals surface area (Å²) < 4.78 is 54.8. The molecular weight excluding hydrogens is 625 g/mol. The van der Waals surface area contributed by atoms with Gasteiger partial charge in [0, 0.05) is 44.0 Å². The number of rotatable bonds is 10. The number of likely N-dealkylation sites (N-methyl/N-ethyl adjacent to an activating group) is 1. The zero-order chi connectivity index (χ0) is 34.0. The van der Waals surface area contributed by atoms with Crippen molar-refractivity contribution in [1.29, 1.82) is 0 Å². The number of aliphatic hydroxyl groups excluding tert-OH is 2. The molecule has 13 nitrogen and oxygen atoms in total. The number of hydrogen-bond donors (Lipinski definition) is 3. The number of oxime groups is 1. The lowest BCUT2D eigenvalue weighted by atomic mass is 9.75. The third-order valence-electron chi connectivity index (χ3n) is 9.25. The number of carbonyl (C=O) groups excluding carboxylic acids is 2. The first-order chi connectivity index (χ1) is 22.3. The first-order valence-corrected chi connectivity index (χ1v) is 15.6. The standard InChI is InChI=1S/C31H41F3N6O7/c1-31(2,3)25-9-16(5-6-39(25)15-42)21-10-18(47-37-21)11-23-30(45-14-26(43)35-4)28(29(44)24(13-41)46-23)40-12-22(36-38-40)17-7-19(32)27(34)20(33)8-17/h7-8,12,15-16,18,23-25,28-30,41,44H,5-6,9-11,13-14H2,1-4H3,(H,35,43)/t16?,18?,23-,24-,25?,28+,29+,30+/m1/s1. The Morgan fingerprint density at radius 1 is 1.21 bits per heavy atom. The minimum absolute atomic E-state index is 0.0185. The van der Waals surface area contributed by atoms with Crippen LogP contribution in [0.1, 0.15) is 52.5 Å². The second-order valence-corrected chi connectivity index (χ2v) is 13.4. The number of nitrogens with one attached hydrogen (secondary N) is 1. The Morgan fingerprint density at radius 2 is 1.94 bits per heavy atom.